The Bertz CT molecular complexity index is 338. The molecule has 0 aromatic carbocycles. The second-order valence-corrected chi connectivity index (χ2v) is 4.11. The number of hydrogen-bond donors (Lipinski definition) is 2. The highest BCUT2D eigenvalue weighted by Gasteiger charge is 2.15. The van der Waals surface area contributed by atoms with Crippen LogP contribution in [-0.2, 0) is 4.74 Å². The van der Waals surface area contributed by atoms with Crippen molar-refractivity contribution >= 4 is 23.0 Å². The van der Waals surface area contributed by atoms with Crippen molar-refractivity contribution in [2.45, 2.75) is 18.9 Å². The third-order valence-corrected chi connectivity index (χ3v) is 2.70. The average Bonchev–Trinajstić information content (AvgIpc) is 2.81. The van der Waals surface area contributed by atoms with Gasteiger partial charge in [0.25, 0.3) is 0 Å². The Hall–Kier alpha value is -1.20. The highest BCUT2D eigenvalue weighted by Crippen LogP contribution is 2.10. The largest absolute Gasteiger partial charge is 0.376 e. The van der Waals surface area contributed by atoms with E-state index in [1.165, 1.54) is 0 Å². The van der Waals surface area contributed by atoms with Crippen LogP contribution in [-0.4, -0.2) is 29.4 Å². The zero-order valence-corrected chi connectivity index (χ0v) is 9.80. The molecular formula is C11H15N3OS. The van der Waals surface area contributed by atoms with Gasteiger partial charge < -0.3 is 15.4 Å². The molecule has 1 aliphatic heterocycles. The molecule has 16 heavy (non-hydrogen) atoms. The first kappa shape index (κ1) is 11.3. The first-order valence-corrected chi connectivity index (χ1v) is 5.82. The molecule has 0 bridgehead atoms. The molecule has 86 valence electrons. The van der Waals surface area contributed by atoms with E-state index in [2.05, 4.69) is 15.6 Å². The van der Waals surface area contributed by atoms with Gasteiger partial charge in [0, 0.05) is 31.2 Å². The molecule has 2 heterocycles. The number of hydrogen-bond acceptors (Lipinski definition) is 3. The minimum absolute atomic E-state index is 0.303. The Kier molecular flexibility index (Phi) is 4.07. The first-order chi connectivity index (χ1) is 7.84. The summed E-state index contributed by atoms with van der Waals surface area (Å²) in [6, 6.07) is 3.75. The second kappa shape index (κ2) is 5.77. The quantitative estimate of drug-likeness (QED) is 0.781. The van der Waals surface area contributed by atoms with Crippen molar-refractivity contribution in [2.75, 3.05) is 18.5 Å². The van der Waals surface area contributed by atoms with Gasteiger partial charge >= 0.3 is 0 Å². The maximum Gasteiger partial charge on any atom is 0.170 e. The third kappa shape index (κ3) is 3.43. The van der Waals surface area contributed by atoms with E-state index in [1.54, 1.807) is 12.4 Å². The van der Waals surface area contributed by atoms with Crippen molar-refractivity contribution < 1.29 is 4.74 Å². The lowest BCUT2D eigenvalue weighted by molar-refractivity contribution is 0.114. The number of aromatic nitrogens is 1. The van der Waals surface area contributed by atoms with Crippen LogP contribution in [0.2, 0.25) is 0 Å². The Morgan fingerprint density at radius 3 is 3.00 bits per heavy atom. The van der Waals surface area contributed by atoms with Gasteiger partial charge in [-0.05, 0) is 37.2 Å². The van der Waals surface area contributed by atoms with Gasteiger partial charge in [0.05, 0.1) is 6.10 Å². The molecule has 0 amide bonds. The molecule has 0 radical (unpaired) electrons. The lowest BCUT2D eigenvalue weighted by Gasteiger charge is -2.13. The van der Waals surface area contributed by atoms with Gasteiger partial charge in [0.1, 0.15) is 0 Å². The zero-order valence-electron chi connectivity index (χ0n) is 8.98. The van der Waals surface area contributed by atoms with Gasteiger partial charge in [0.2, 0.25) is 0 Å². The SMILES string of the molecule is S=C(NCC1CCCO1)Nc1ccncc1. The molecular weight excluding hydrogens is 222 g/mol. The monoisotopic (exact) mass is 237 g/mol. The summed E-state index contributed by atoms with van der Waals surface area (Å²) in [5.74, 6) is 0. The maximum absolute atomic E-state index is 5.49. The van der Waals surface area contributed by atoms with Gasteiger partial charge in [-0.1, -0.05) is 0 Å². The highest BCUT2D eigenvalue weighted by molar-refractivity contribution is 7.80. The predicted molar refractivity (Wildman–Crippen MR) is 67.4 cm³/mol. The summed E-state index contributed by atoms with van der Waals surface area (Å²) in [6.45, 7) is 1.65. The molecule has 2 rings (SSSR count). The predicted octanol–water partition coefficient (Wildman–Crippen LogP) is 1.55. The van der Waals surface area contributed by atoms with Gasteiger partial charge in [-0.3, -0.25) is 4.98 Å². The molecule has 1 aromatic rings. The third-order valence-electron chi connectivity index (χ3n) is 2.45. The molecule has 1 fully saturated rings. The molecule has 2 N–H and O–H groups in total. The number of nitrogens with zero attached hydrogens (tertiary/aromatic N) is 1. The van der Waals surface area contributed by atoms with Crippen LogP contribution < -0.4 is 10.6 Å². The number of ether oxygens (including phenoxy) is 1. The van der Waals surface area contributed by atoms with E-state index >= 15 is 0 Å². The molecule has 0 aliphatic carbocycles. The van der Waals surface area contributed by atoms with Gasteiger partial charge in [0.15, 0.2) is 5.11 Å². The average molecular weight is 237 g/mol. The minimum atomic E-state index is 0.303. The van der Waals surface area contributed by atoms with Crippen molar-refractivity contribution in [3.8, 4) is 0 Å². The van der Waals surface area contributed by atoms with Crippen molar-refractivity contribution in [3.05, 3.63) is 24.5 Å². The summed E-state index contributed by atoms with van der Waals surface area (Å²) in [4.78, 5) is 3.94. The standard InChI is InChI=1S/C11H15N3OS/c16-11(13-8-10-2-1-7-15-10)14-9-3-5-12-6-4-9/h3-6,10H,1-2,7-8H2,(H2,12,13,14,16). The summed E-state index contributed by atoms with van der Waals surface area (Å²) in [5, 5.41) is 6.87. The molecule has 0 saturated carbocycles. The fourth-order valence-electron chi connectivity index (χ4n) is 1.62. The summed E-state index contributed by atoms with van der Waals surface area (Å²) < 4.78 is 5.49. The van der Waals surface area contributed by atoms with E-state index in [9.17, 15) is 0 Å². The van der Waals surface area contributed by atoms with Crippen LogP contribution in [0.25, 0.3) is 0 Å². The lowest BCUT2D eigenvalue weighted by atomic mass is 10.2. The summed E-state index contributed by atoms with van der Waals surface area (Å²) >= 11 is 5.17. The number of nitrogens with one attached hydrogen (secondary N) is 2. The molecule has 1 saturated heterocycles. The number of anilines is 1. The van der Waals surface area contributed by atoms with Crippen molar-refractivity contribution in [1.29, 1.82) is 0 Å². The summed E-state index contributed by atoms with van der Waals surface area (Å²) in [5.41, 5.74) is 0.944. The number of pyridine rings is 1. The van der Waals surface area contributed by atoms with Crippen molar-refractivity contribution in [2.24, 2.45) is 0 Å². The van der Waals surface area contributed by atoms with E-state index in [4.69, 9.17) is 17.0 Å². The Labute approximate surface area is 100 Å². The molecule has 5 heteroatoms. The van der Waals surface area contributed by atoms with Crippen LogP contribution in [0.4, 0.5) is 5.69 Å². The molecule has 1 aliphatic rings. The van der Waals surface area contributed by atoms with Crippen molar-refractivity contribution in [3.63, 3.8) is 0 Å². The van der Waals surface area contributed by atoms with E-state index in [1.807, 2.05) is 12.1 Å². The van der Waals surface area contributed by atoms with Crippen LogP contribution in [0, 0.1) is 0 Å². The molecule has 1 unspecified atom stereocenters. The van der Waals surface area contributed by atoms with E-state index in [0.717, 1.165) is 31.7 Å². The van der Waals surface area contributed by atoms with E-state index in [-0.39, 0.29) is 0 Å². The summed E-state index contributed by atoms with van der Waals surface area (Å²) in [7, 11) is 0. The smallest absolute Gasteiger partial charge is 0.170 e. The van der Waals surface area contributed by atoms with Crippen LogP contribution in [0.15, 0.2) is 24.5 Å². The molecule has 1 atom stereocenters. The topological polar surface area (TPSA) is 46.2 Å². The van der Waals surface area contributed by atoms with Crippen LogP contribution in [0.1, 0.15) is 12.8 Å². The van der Waals surface area contributed by atoms with E-state index in [0.29, 0.717) is 11.2 Å². The summed E-state index contributed by atoms with van der Waals surface area (Å²) in [6.07, 6.45) is 6.02. The Balaban J connectivity index is 1.72. The minimum Gasteiger partial charge on any atom is -0.376 e. The molecule has 1 aromatic heterocycles. The number of rotatable bonds is 3. The second-order valence-electron chi connectivity index (χ2n) is 3.71. The zero-order chi connectivity index (χ0) is 11.2. The highest BCUT2D eigenvalue weighted by atomic mass is 32.1. The fourth-order valence-corrected chi connectivity index (χ4v) is 1.82. The Morgan fingerprint density at radius 1 is 1.50 bits per heavy atom. The van der Waals surface area contributed by atoms with Crippen LogP contribution in [0.5, 0.6) is 0 Å². The maximum atomic E-state index is 5.49. The normalized spacial score (nSPS) is 19.4. The van der Waals surface area contributed by atoms with Crippen LogP contribution >= 0.6 is 12.2 Å². The fraction of sp³-hybridized carbons (Fsp3) is 0.455. The Morgan fingerprint density at radius 2 is 2.31 bits per heavy atom. The molecule has 4 nitrogen and oxygen atoms in total. The van der Waals surface area contributed by atoms with Gasteiger partial charge in [-0.25, -0.2) is 0 Å². The van der Waals surface area contributed by atoms with Gasteiger partial charge in [-0.15, -0.1) is 0 Å². The van der Waals surface area contributed by atoms with Crippen LogP contribution in [0.3, 0.4) is 0 Å². The molecule has 0 spiro atoms. The van der Waals surface area contributed by atoms with Crippen molar-refractivity contribution in [1.82, 2.24) is 10.3 Å². The van der Waals surface area contributed by atoms with Gasteiger partial charge in [-0.2, -0.15) is 0 Å². The number of thiocarbonyl (C=S) groups is 1. The first-order valence-electron chi connectivity index (χ1n) is 5.41. The van der Waals surface area contributed by atoms with E-state index < -0.39 is 0 Å². The lowest BCUT2D eigenvalue weighted by Crippen LogP contribution is -2.34.